The highest BCUT2D eigenvalue weighted by molar-refractivity contribution is 7.15. The maximum absolute atomic E-state index is 13.0. The van der Waals surface area contributed by atoms with Gasteiger partial charge in [0.25, 0.3) is 5.56 Å². The lowest BCUT2D eigenvalue weighted by Gasteiger charge is -2.23. The van der Waals surface area contributed by atoms with Crippen LogP contribution in [0.2, 0.25) is 0 Å². The molecule has 0 fully saturated rings. The molecular formula is C18H19FN4O2S. The first kappa shape index (κ1) is 18.2. The van der Waals surface area contributed by atoms with Gasteiger partial charge in [0, 0.05) is 17.5 Å². The number of benzene rings is 1. The summed E-state index contributed by atoms with van der Waals surface area (Å²) >= 11 is 1.33. The van der Waals surface area contributed by atoms with Crippen LogP contribution in [0.25, 0.3) is 10.7 Å². The summed E-state index contributed by atoms with van der Waals surface area (Å²) < 4.78 is 13.0. The zero-order valence-electron chi connectivity index (χ0n) is 14.6. The lowest BCUT2D eigenvalue weighted by atomic mass is 10.1. The van der Waals surface area contributed by atoms with Crippen molar-refractivity contribution in [3.05, 3.63) is 62.9 Å². The number of thiazole rings is 1. The first-order valence-electron chi connectivity index (χ1n) is 8.02. The summed E-state index contributed by atoms with van der Waals surface area (Å²) in [6.45, 7) is 3.74. The molecule has 0 radical (unpaired) electrons. The Morgan fingerprint density at radius 3 is 2.65 bits per heavy atom. The van der Waals surface area contributed by atoms with E-state index in [-0.39, 0.29) is 11.5 Å². The Balaban J connectivity index is 1.96. The van der Waals surface area contributed by atoms with Gasteiger partial charge in [0.1, 0.15) is 22.3 Å². The normalized spacial score (nSPS) is 11.7. The van der Waals surface area contributed by atoms with Crippen LogP contribution in [0.15, 0.2) is 35.3 Å². The van der Waals surface area contributed by atoms with Gasteiger partial charge in [-0.15, -0.1) is 11.3 Å². The highest BCUT2D eigenvalue weighted by Crippen LogP contribution is 2.30. The molecule has 2 aromatic heterocycles. The van der Waals surface area contributed by atoms with Gasteiger partial charge < -0.3 is 15.4 Å². The molecular weight excluding hydrogens is 355 g/mol. The van der Waals surface area contributed by atoms with Crippen molar-refractivity contribution in [1.82, 2.24) is 20.3 Å². The average Bonchev–Trinajstić information content (AvgIpc) is 3.07. The number of nitrogens with zero attached hydrogens (tertiary/aromatic N) is 2. The van der Waals surface area contributed by atoms with Crippen molar-refractivity contribution in [2.75, 3.05) is 7.05 Å². The van der Waals surface area contributed by atoms with Crippen LogP contribution < -0.4 is 10.9 Å². The molecule has 26 heavy (non-hydrogen) atoms. The van der Waals surface area contributed by atoms with Crippen molar-refractivity contribution < 1.29 is 9.50 Å². The molecule has 6 nitrogen and oxygen atoms in total. The smallest absolute Gasteiger partial charge is 0.293 e. The summed E-state index contributed by atoms with van der Waals surface area (Å²) in [4.78, 5) is 24.3. The molecule has 2 heterocycles. The fourth-order valence-corrected chi connectivity index (χ4v) is 3.27. The maximum atomic E-state index is 13.0. The van der Waals surface area contributed by atoms with Crippen LogP contribution >= 0.6 is 11.3 Å². The van der Waals surface area contributed by atoms with Gasteiger partial charge >= 0.3 is 0 Å². The predicted molar refractivity (Wildman–Crippen MR) is 98.9 cm³/mol. The molecule has 0 spiro atoms. The molecule has 0 bridgehead atoms. The zero-order chi connectivity index (χ0) is 18.9. The Bertz CT molecular complexity index is 980. The minimum absolute atomic E-state index is 0.155. The molecule has 0 saturated carbocycles. The number of nitrogens with one attached hydrogen (secondary N) is 2. The van der Waals surface area contributed by atoms with Crippen molar-refractivity contribution in [1.29, 1.82) is 0 Å². The molecule has 0 unspecified atom stereocenters. The highest BCUT2D eigenvalue weighted by Gasteiger charge is 2.25. The van der Waals surface area contributed by atoms with E-state index in [0.29, 0.717) is 17.3 Å². The molecule has 136 valence electrons. The molecule has 3 N–H and O–H groups in total. The molecule has 1 aromatic carbocycles. The molecule has 3 rings (SSSR count). The van der Waals surface area contributed by atoms with Crippen molar-refractivity contribution in [3.8, 4) is 16.5 Å². The second kappa shape index (κ2) is 6.97. The molecule has 0 atom stereocenters. The monoisotopic (exact) mass is 374 g/mol. The Morgan fingerprint density at radius 1 is 1.31 bits per heavy atom. The molecule has 0 aliphatic rings. The second-order valence-electron chi connectivity index (χ2n) is 6.42. The lowest BCUT2D eigenvalue weighted by molar-refractivity contribution is 0.407. The fraction of sp³-hybridized carbons (Fsp3) is 0.278. The standard InChI is InChI=1S/C18H19FN4O2S/c1-18(2,20-3)17-22-13(14(24)15(25)23-17)16-21-9-12(26-16)8-10-4-6-11(19)7-5-10/h4-7,9,20,24H,8H2,1-3H3,(H,22,23,25). The van der Waals surface area contributed by atoms with Crippen molar-refractivity contribution >= 4 is 11.3 Å². The molecule has 0 saturated heterocycles. The number of H-pyrrole nitrogens is 1. The van der Waals surface area contributed by atoms with E-state index in [1.165, 1.54) is 23.5 Å². The number of aromatic amines is 1. The summed E-state index contributed by atoms with van der Waals surface area (Å²) in [6, 6.07) is 6.25. The minimum Gasteiger partial charge on any atom is -0.501 e. The third kappa shape index (κ3) is 3.66. The van der Waals surface area contributed by atoms with E-state index in [9.17, 15) is 14.3 Å². The molecule has 0 aliphatic carbocycles. The van der Waals surface area contributed by atoms with Crippen molar-refractivity contribution in [2.24, 2.45) is 0 Å². The number of aromatic hydroxyl groups is 1. The van der Waals surface area contributed by atoms with Crippen LogP contribution in [0.5, 0.6) is 5.75 Å². The Labute approximate surface area is 153 Å². The number of rotatable bonds is 5. The topological polar surface area (TPSA) is 90.9 Å². The van der Waals surface area contributed by atoms with Crippen molar-refractivity contribution in [3.63, 3.8) is 0 Å². The van der Waals surface area contributed by atoms with E-state index in [4.69, 9.17) is 0 Å². The van der Waals surface area contributed by atoms with Crippen molar-refractivity contribution in [2.45, 2.75) is 25.8 Å². The predicted octanol–water partition coefficient (Wildman–Crippen LogP) is 2.78. The van der Waals surface area contributed by atoms with Gasteiger partial charge in [0.05, 0.1) is 5.54 Å². The summed E-state index contributed by atoms with van der Waals surface area (Å²) in [7, 11) is 1.76. The van der Waals surface area contributed by atoms with E-state index in [1.807, 2.05) is 13.8 Å². The van der Waals surface area contributed by atoms with Gasteiger partial charge in [0.2, 0.25) is 5.75 Å². The Morgan fingerprint density at radius 2 is 2.00 bits per heavy atom. The SMILES string of the molecule is CNC(C)(C)c1nc(-c2ncc(Cc3ccc(F)cc3)s2)c(O)c(=O)[nH]1. The van der Waals surface area contributed by atoms with Crippen LogP contribution in [-0.2, 0) is 12.0 Å². The van der Waals surface area contributed by atoms with E-state index in [0.717, 1.165) is 10.4 Å². The van der Waals surface area contributed by atoms with E-state index < -0.39 is 16.8 Å². The van der Waals surface area contributed by atoms with Gasteiger partial charge in [-0.25, -0.2) is 14.4 Å². The van der Waals surface area contributed by atoms with Gasteiger partial charge in [-0.3, -0.25) is 4.79 Å². The van der Waals surface area contributed by atoms with Crippen LogP contribution in [0.1, 0.15) is 30.1 Å². The third-order valence-corrected chi connectivity index (χ3v) is 5.16. The van der Waals surface area contributed by atoms with Gasteiger partial charge in [-0.2, -0.15) is 0 Å². The lowest BCUT2D eigenvalue weighted by Crippen LogP contribution is -2.37. The number of halogens is 1. The summed E-state index contributed by atoms with van der Waals surface area (Å²) in [6.07, 6.45) is 2.26. The minimum atomic E-state index is -0.608. The highest BCUT2D eigenvalue weighted by atomic mass is 32.1. The molecule has 3 aromatic rings. The van der Waals surface area contributed by atoms with Gasteiger partial charge in [0.15, 0.2) is 0 Å². The summed E-state index contributed by atoms with van der Waals surface area (Å²) in [5.74, 6) is -0.326. The average molecular weight is 374 g/mol. The first-order chi connectivity index (χ1) is 12.3. The quantitative estimate of drug-likeness (QED) is 0.639. The van der Waals surface area contributed by atoms with Gasteiger partial charge in [-0.05, 0) is 38.6 Å². The fourth-order valence-electron chi connectivity index (χ4n) is 2.33. The Kier molecular flexibility index (Phi) is 4.88. The Hall–Kier alpha value is -2.58. The number of aromatic nitrogens is 3. The van der Waals surface area contributed by atoms with E-state index >= 15 is 0 Å². The van der Waals surface area contributed by atoms with Crippen LogP contribution in [-0.4, -0.2) is 27.1 Å². The largest absolute Gasteiger partial charge is 0.501 e. The molecule has 0 aliphatic heterocycles. The third-order valence-electron chi connectivity index (χ3n) is 4.16. The first-order valence-corrected chi connectivity index (χ1v) is 8.84. The van der Waals surface area contributed by atoms with Crippen LogP contribution in [0.3, 0.4) is 0 Å². The van der Waals surface area contributed by atoms with Crippen LogP contribution in [0.4, 0.5) is 4.39 Å². The number of hydrogen-bond donors (Lipinski definition) is 3. The van der Waals surface area contributed by atoms with Gasteiger partial charge in [-0.1, -0.05) is 12.1 Å². The summed E-state index contributed by atoms with van der Waals surface area (Å²) in [5, 5.41) is 13.7. The van der Waals surface area contributed by atoms with E-state index in [2.05, 4.69) is 20.3 Å². The molecule has 8 heteroatoms. The second-order valence-corrected chi connectivity index (χ2v) is 7.54. The maximum Gasteiger partial charge on any atom is 0.293 e. The number of hydrogen-bond acceptors (Lipinski definition) is 6. The molecule has 0 amide bonds. The zero-order valence-corrected chi connectivity index (χ0v) is 15.4. The van der Waals surface area contributed by atoms with E-state index in [1.54, 1.807) is 25.4 Å². The van der Waals surface area contributed by atoms with Crippen LogP contribution in [0, 0.1) is 5.82 Å². The summed E-state index contributed by atoms with van der Waals surface area (Å²) in [5.41, 5.74) is -0.0803.